The fourth-order valence-electron chi connectivity index (χ4n) is 1.84. The van der Waals surface area contributed by atoms with Gasteiger partial charge in [-0.05, 0) is 46.6 Å². The van der Waals surface area contributed by atoms with Crippen LogP contribution in [0.3, 0.4) is 0 Å². The molecule has 0 fully saturated rings. The molecule has 1 atom stereocenters. The highest BCUT2D eigenvalue weighted by Crippen LogP contribution is 2.28. The minimum absolute atomic E-state index is 0.0165. The van der Waals surface area contributed by atoms with Gasteiger partial charge in [-0.25, -0.2) is 0 Å². The molecular weight excluding hydrogens is 398 g/mol. The molecule has 110 valence electrons. The van der Waals surface area contributed by atoms with Gasteiger partial charge in [-0.3, -0.25) is 4.79 Å². The second-order valence-corrected chi connectivity index (χ2v) is 6.33. The largest absolute Gasteiger partial charge is 0.483 e. The van der Waals surface area contributed by atoms with Crippen molar-refractivity contribution in [1.82, 2.24) is 5.32 Å². The van der Waals surface area contributed by atoms with E-state index in [-0.39, 0.29) is 18.6 Å². The SMILES string of the molecule is C[C@H](NC(=O)COc1ccc(Br)cc1Br)c1ccccc1. The van der Waals surface area contributed by atoms with Crippen LogP contribution in [-0.4, -0.2) is 12.5 Å². The summed E-state index contributed by atoms with van der Waals surface area (Å²) in [6, 6.07) is 15.3. The number of carbonyl (C=O) groups is 1. The van der Waals surface area contributed by atoms with Gasteiger partial charge in [0.1, 0.15) is 5.75 Å². The minimum atomic E-state index is -0.152. The van der Waals surface area contributed by atoms with Crippen molar-refractivity contribution in [2.45, 2.75) is 13.0 Å². The number of hydrogen-bond acceptors (Lipinski definition) is 2. The van der Waals surface area contributed by atoms with Crippen LogP contribution in [0.25, 0.3) is 0 Å². The number of benzene rings is 2. The Labute approximate surface area is 141 Å². The highest BCUT2D eigenvalue weighted by atomic mass is 79.9. The van der Waals surface area contributed by atoms with Crippen LogP contribution in [0, 0.1) is 0 Å². The Kier molecular flexibility index (Phi) is 5.82. The summed E-state index contributed by atoms with van der Waals surface area (Å²) in [5.74, 6) is 0.488. The number of amides is 1. The molecule has 2 aromatic carbocycles. The second kappa shape index (κ2) is 7.61. The number of nitrogens with one attached hydrogen (secondary N) is 1. The molecule has 0 aliphatic carbocycles. The van der Waals surface area contributed by atoms with E-state index in [2.05, 4.69) is 37.2 Å². The molecule has 0 unspecified atom stereocenters. The predicted molar refractivity (Wildman–Crippen MR) is 90.3 cm³/mol. The van der Waals surface area contributed by atoms with Crippen molar-refractivity contribution in [1.29, 1.82) is 0 Å². The van der Waals surface area contributed by atoms with E-state index < -0.39 is 0 Å². The summed E-state index contributed by atoms with van der Waals surface area (Å²) in [5, 5.41) is 2.91. The first kappa shape index (κ1) is 16.0. The number of hydrogen-bond donors (Lipinski definition) is 1. The van der Waals surface area contributed by atoms with Crippen LogP contribution in [0.15, 0.2) is 57.5 Å². The van der Waals surface area contributed by atoms with Crippen LogP contribution in [0.2, 0.25) is 0 Å². The molecular formula is C16H15Br2NO2. The van der Waals surface area contributed by atoms with Crippen molar-refractivity contribution >= 4 is 37.8 Å². The zero-order valence-electron chi connectivity index (χ0n) is 11.5. The quantitative estimate of drug-likeness (QED) is 0.786. The molecule has 0 bridgehead atoms. The first-order valence-electron chi connectivity index (χ1n) is 6.48. The third-order valence-electron chi connectivity index (χ3n) is 2.93. The first-order valence-corrected chi connectivity index (χ1v) is 8.07. The van der Waals surface area contributed by atoms with E-state index in [4.69, 9.17) is 4.74 Å². The van der Waals surface area contributed by atoms with Crippen molar-refractivity contribution < 1.29 is 9.53 Å². The van der Waals surface area contributed by atoms with Crippen molar-refractivity contribution in [2.75, 3.05) is 6.61 Å². The summed E-state index contributed by atoms with van der Waals surface area (Å²) >= 11 is 6.77. The normalized spacial score (nSPS) is 11.8. The standard InChI is InChI=1S/C16H15Br2NO2/c1-11(12-5-3-2-4-6-12)19-16(20)10-21-15-8-7-13(17)9-14(15)18/h2-9,11H,10H2,1H3,(H,19,20)/t11-/m0/s1. The lowest BCUT2D eigenvalue weighted by molar-refractivity contribution is -0.123. The van der Waals surface area contributed by atoms with Crippen LogP contribution in [0.1, 0.15) is 18.5 Å². The Morgan fingerprint density at radius 3 is 2.57 bits per heavy atom. The van der Waals surface area contributed by atoms with E-state index in [1.807, 2.05) is 55.5 Å². The van der Waals surface area contributed by atoms with Gasteiger partial charge in [-0.15, -0.1) is 0 Å². The van der Waals surface area contributed by atoms with Crippen LogP contribution < -0.4 is 10.1 Å². The Balaban J connectivity index is 1.87. The van der Waals surface area contributed by atoms with Crippen molar-refractivity contribution in [3.63, 3.8) is 0 Å². The lowest BCUT2D eigenvalue weighted by Crippen LogP contribution is -2.31. The lowest BCUT2D eigenvalue weighted by atomic mass is 10.1. The molecule has 1 amide bonds. The molecule has 1 N–H and O–H groups in total. The summed E-state index contributed by atoms with van der Waals surface area (Å²) in [6.45, 7) is 1.93. The molecule has 5 heteroatoms. The van der Waals surface area contributed by atoms with Crippen LogP contribution in [0.5, 0.6) is 5.75 Å². The van der Waals surface area contributed by atoms with Crippen LogP contribution >= 0.6 is 31.9 Å². The maximum Gasteiger partial charge on any atom is 0.258 e. The zero-order valence-corrected chi connectivity index (χ0v) is 14.6. The molecule has 21 heavy (non-hydrogen) atoms. The first-order chi connectivity index (χ1) is 10.1. The predicted octanol–water partition coefficient (Wildman–Crippen LogP) is 4.47. The molecule has 0 saturated heterocycles. The van der Waals surface area contributed by atoms with Gasteiger partial charge in [-0.2, -0.15) is 0 Å². The van der Waals surface area contributed by atoms with Crippen molar-refractivity contribution in [3.8, 4) is 5.75 Å². The van der Waals surface area contributed by atoms with Crippen molar-refractivity contribution in [3.05, 3.63) is 63.0 Å². The molecule has 2 rings (SSSR count). The van der Waals surface area contributed by atoms with E-state index in [1.54, 1.807) is 0 Å². The molecule has 2 aromatic rings. The average Bonchev–Trinajstić information content (AvgIpc) is 2.47. The van der Waals surface area contributed by atoms with Gasteiger partial charge in [0.05, 0.1) is 10.5 Å². The highest BCUT2D eigenvalue weighted by molar-refractivity contribution is 9.11. The lowest BCUT2D eigenvalue weighted by Gasteiger charge is -2.15. The highest BCUT2D eigenvalue weighted by Gasteiger charge is 2.10. The summed E-state index contributed by atoms with van der Waals surface area (Å²) in [6.07, 6.45) is 0. The molecule has 0 radical (unpaired) electrons. The molecule has 0 spiro atoms. The minimum Gasteiger partial charge on any atom is -0.483 e. The van der Waals surface area contributed by atoms with E-state index in [1.165, 1.54) is 0 Å². The third kappa shape index (κ3) is 4.86. The molecule has 0 aromatic heterocycles. The summed E-state index contributed by atoms with van der Waals surface area (Å²) in [7, 11) is 0. The Bertz CT molecular complexity index is 617. The van der Waals surface area contributed by atoms with Crippen molar-refractivity contribution in [2.24, 2.45) is 0 Å². The Morgan fingerprint density at radius 1 is 1.19 bits per heavy atom. The Hall–Kier alpha value is -1.33. The summed E-state index contributed by atoms with van der Waals surface area (Å²) in [5.41, 5.74) is 1.07. The van der Waals surface area contributed by atoms with Crippen LogP contribution in [0.4, 0.5) is 0 Å². The average molecular weight is 413 g/mol. The van der Waals surface area contributed by atoms with E-state index in [9.17, 15) is 4.79 Å². The number of ether oxygens (including phenoxy) is 1. The van der Waals surface area contributed by atoms with Crippen LogP contribution in [-0.2, 0) is 4.79 Å². The van der Waals surface area contributed by atoms with Gasteiger partial charge in [0.25, 0.3) is 5.91 Å². The maximum absolute atomic E-state index is 11.9. The molecule has 0 aliphatic heterocycles. The smallest absolute Gasteiger partial charge is 0.258 e. The van der Waals surface area contributed by atoms with Gasteiger partial charge >= 0.3 is 0 Å². The summed E-state index contributed by atoms with van der Waals surface area (Å²) in [4.78, 5) is 11.9. The molecule has 0 heterocycles. The molecule has 0 saturated carbocycles. The maximum atomic E-state index is 11.9. The van der Waals surface area contributed by atoms with E-state index >= 15 is 0 Å². The number of rotatable bonds is 5. The zero-order chi connectivity index (χ0) is 15.2. The molecule has 3 nitrogen and oxygen atoms in total. The van der Waals surface area contributed by atoms with Gasteiger partial charge in [0, 0.05) is 4.47 Å². The fourth-order valence-corrected chi connectivity index (χ4v) is 3.01. The molecule has 0 aliphatic rings. The van der Waals surface area contributed by atoms with Gasteiger partial charge < -0.3 is 10.1 Å². The fraction of sp³-hybridized carbons (Fsp3) is 0.188. The van der Waals surface area contributed by atoms with Gasteiger partial charge in [0.2, 0.25) is 0 Å². The van der Waals surface area contributed by atoms with E-state index in [0.29, 0.717) is 5.75 Å². The summed E-state index contributed by atoms with van der Waals surface area (Å²) < 4.78 is 7.26. The van der Waals surface area contributed by atoms with E-state index in [0.717, 1.165) is 14.5 Å². The second-order valence-electron chi connectivity index (χ2n) is 4.56. The van der Waals surface area contributed by atoms with Gasteiger partial charge in [-0.1, -0.05) is 46.3 Å². The third-order valence-corrected chi connectivity index (χ3v) is 4.04. The number of carbonyl (C=O) groups excluding carboxylic acids is 1. The monoisotopic (exact) mass is 411 g/mol. The topological polar surface area (TPSA) is 38.3 Å². The Morgan fingerprint density at radius 2 is 1.90 bits per heavy atom. The van der Waals surface area contributed by atoms with Gasteiger partial charge in [0.15, 0.2) is 6.61 Å². The number of halogens is 2.